The fourth-order valence-corrected chi connectivity index (χ4v) is 2.91. The Bertz CT molecular complexity index is 1260. The number of aromatic nitrogens is 5. The minimum atomic E-state index is -0.464. The van der Waals surface area contributed by atoms with Crippen molar-refractivity contribution in [2.24, 2.45) is 0 Å². The van der Waals surface area contributed by atoms with Crippen LogP contribution in [0.1, 0.15) is 16.7 Å². The molecule has 0 unspecified atom stereocenters. The maximum atomic E-state index is 12.8. The summed E-state index contributed by atoms with van der Waals surface area (Å²) in [4.78, 5) is 27.4. The molecule has 0 N–H and O–H groups in total. The molecule has 0 fully saturated rings. The second kappa shape index (κ2) is 6.69. The number of fused-ring (bicyclic) bond motifs is 1. The van der Waals surface area contributed by atoms with E-state index in [1.165, 1.54) is 23.0 Å². The van der Waals surface area contributed by atoms with Crippen molar-refractivity contribution in [1.82, 2.24) is 24.5 Å². The van der Waals surface area contributed by atoms with Gasteiger partial charge in [-0.2, -0.15) is 4.68 Å². The highest BCUT2D eigenvalue weighted by molar-refractivity contribution is 5.70. The Morgan fingerprint density at radius 2 is 1.82 bits per heavy atom. The summed E-state index contributed by atoms with van der Waals surface area (Å²) in [7, 11) is 0. The van der Waals surface area contributed by atoms with Gasteiger partial charge < -0.3 is 0 Å². The van der Waals surface area contributed by atoms with Crippen LogP contribution < -0.4 is 5.56 Å². The zero-order valence-corrected chi connectivity index (χ0v) is 15.2. The Morgan fingerprint density at radius 1 is 1.07 bits per heavy atom. The van der Waals surface area contributed by atoms with Crippen LogP contribution in [-0.4, -0.2) is 29.5 Å². The molecule has 140 valence electrons. The van der Waals surface area contributed by atoms with Crippen molar-refractivity contribution in [1.29, 1.82) is 0 Å². The molecule has 28 heavy (non-hydrogen) atoms. The molecule has 0 aliphatic rings. The summed E-state index contributed by atoms with van der Waals surface area (Å²) in [6.45, 7) is 4.26. The van der Waals surface area contributed by atoms with Gasteiger partial charge in [-0.25, -0.2) is 4.98 Å². The summed E-state index contributed by atoms with van der Waals surface area (Å²) in [5, 5.41) is 18.9. The second-order valence-corrected chi connectivity index (χ2v) is 6.54. The summed E-state index contributed by atoms with van der Waals surface area (Å²) < 4.78 is 2.95. The van der Waals surface area contributed by atoms with E-state index in [-0.39, 0.29) is 23.3 Å². The lowest BCUT2D eigenvalue weighted by molar-refractivity contribution is -0.384. The molecule has 0 amide bonds. The first-order valence-corrected chi connectivity index (χ1v) is 8.56. The smallest absolute Gasteiger partial charge is 0.283 e. The van der Waals surface area contributed by atoms with Gasteiger partial charge in [0.05, 0.1) is 17.2 Å². The van der Waals surface area contributed by atoms with Crippen LogP contribution in [0.15, 0.2) is 53.6 Å². The number of non-ortho nitro benzene ring substituents is 1. The predicted molar refractivity (Wildman–Crippen MR) is 103 cm³/mol. The van der Waals surface area contributed by atoms with E-state index in [0.29, 0.717) is 5.65 Å². The Hall–Kier alpha value is -3.88. The number of hydrogen-bond acceptors (Lipinski definition) is 6. The lowest BCUT2D eigenvalue weighted by atomic mass is 10.1. The summed E-state index contributed by atoms with van der Waals surface area (Å²) in [5.41, 5.74) is 4.02. The van der Waals surface area contributed by atoms with Crippen LogP contribution in [0.3, 0.4) is 0 Å². The molecule has 0 atom stereocenters. The predicted octanol–water partition coefficient (Wildman–Crippen LogP) is 2.55. The normalized spacial score (nSPS) is 11.1. The molecule has 9 nitrogen and oxygen atoms in total. The van der Waals surface area contributed by atoms with Crippen molar-refractivity contribution in [3.63, 3.8) is 0 Å². The van der Waals surface area contributed by atoms with Crippen LogP contribution in [-0.2, 0) is 6.54 Å². The largest absolute Gasteiger partial charge is 0.293 e. The molecular formula is C19H16N6O3. The molecular weight excluding hydrogens is 360 g/mol. The molecule has 2 aromatic carbocycles. The molecule has 0 saturated carbocycles. The molecule has 0 radical (unpaired) electrons. The van der Waals surface area contributed by atoms with Crippen LogP contribution in [0.2, 0.25) is 0 Å². The van der Waals surface area contributed by atoms with Crippen molar-refractivity contribution in [2.75, 3.05) is 0 Å². The van der Waals surface area contributed by atoms with Crippen molar-refractivity contribution in [3.8, 4) is 5.69 Å². The number of nitrogens with zero attached hydrogens (tertiary/aromatic N) is 6. The SMILES string of the molecule is Cc1ccc(-n2nnc3c(=O)n(Cc4ccc([N+](=O)[O-])cc4)cnc32)cc1C. The molecule has 4 aromatic rings. The van der Waals surface area contributed by atoms with Gasteiger partial charge in [-0.1, -0.05) is 23.4 Å². The van der Waals surface area contributed by atoms with Crippen molar-refractivity contribution >= 4 is 16.9 Å². The molecule has 2 aromatic heterocycles. The topological polar surface area (TPSA) is 109 Å². The maximum Gasteiger partial charge on any atom is 0.283 e. The minimum absolute atomic E-state index is 0.000934. The summed E-state index contributed by atoms with van der Waals surface area (Å²) in [6, 6.07) is 11.9. The zero-order chi connectivity index (χ0) is 19.8. The third kappa shape index (κ3) is 3.02. The summed E-state index contributed by atoms with van der Waals surface area (Å²) in [6.07, 6.45) is 1.44. The average Bonchev–Trinajstić information content (AvgIpc) is 3.11. The van der Waals surface area contributed by atoms with Crippen LogP contribution in [0.25, 0.3) is 16.9 Å². The van der Waals surface area contributed by atoms with Gasteiger partial charge in [-0.15, -0.1) is 5.10 Å². The highest BCUT2D eigenvalue weighted by atomic mass is 16.6. The number of nitro benzene ring substituents is 1. The van der Waals surface area contributed by atoms with E-state index in [9.17, 15) is 14.9 Å². The lowest BCUT2D eigenvalue weighted by Gasteiger charge is -2.07. The highest BCUT2D eigenvalue weighted by Crippen LogP contribution is 2.16. The Morgan fingerprint density at radius 3 is 2.50 bits per heavy atom. The van der Waals surface area contributed by atoms with Crippen molar-refractivity contribution < 1.29 is 4.92 Å². The molecule has 0 bridgehead atoms. The third-order valence-corrected chi connectivity index (χ3v) is 4.66. The molecule has 0 aliphatic carbocycles. The number of rotatable bonds is 4. The fourth-order valence-electron chi connectivity index (χ4n) is 2.91. The van der Waals surface area contributed by atoms with Crippen molar-refractivity contribution in [3.05, 3.63) is 86.0 Å². The first-order valence-electron chi connectivity index (χ1n) is 8.56. The van der Waals surface area contributed by atoms with Crippen LogP contribution in [0, 0.1) is 24.0 Å². The van der Waals surface area contributed by atoms with Gasteiger partial charge in [0.2, 0.25) is 0 Å². The monoisotopic (exact) mass is 376 g/mol. The third-order valence-electron chi connectivity index (χ3n) is 4.66. The first kappa shape index (κ1) is 17.5. The number of benzene rings is 2. The Kier molecular flexibility index (Phi) is 4.19. The van der Waals surface area contributed by atoms with Crippen LogP contribution in [0.4, 0.5) is 5.69 Å². The van der Waals surface area contributed by atoms with Gasteiger partial charge in [0.15, 0.2) is 11.2 Å². The van der Waals surface area contributed by atoms with Crippen LogP contribution in [0.5, 0.6) is 0 Å². The molecule has 0 saturated heterocycles. The van der Waals surface area contributed by atoms with Gasteiger partial charge in [0, 0.05) is 12.1 Å². The highest BCUT2D eigenvalue weighted by Gasteiger charge is 2.14. The Labute approximate surface area is 159 Å². The van der Waals surface area contributed by atoms with E-state index >= 15 is 0 Å². The molecule has 9 heteroatoms. The second-order valence-electron chi connectivity index (χ2n) is 6.54. The maximum absolute atomic E-state index is 12.8. The van der Waals surface area contributed by atoms with E-state index in [0.717, 1.165) is 22.4 Å². The van der Waals surface area contributed by atoms with Crippen molar-refractivity contribution in [2.45, 2.75) is 20.4 Å². The fraction of sp³-hybridized carbons (Fsp3) is 0.158. The first-order chi connectivity index (χ1) is 13.4. The van der Waals surface area contributed by atoms with Gasteiger partial charge in [-0.05, 0) is 42.7 Å². The van der Waals surface area contributed by atoms with Gasteiger partial charge >= 0.3 is 0 Å². The standard InChI is InChI=1S/C19H16N6O3/c1-12-3-6-16(9-13(12)2)24-18-17(21-22-24)19(26)23(11-20-18)10-14-4-7-15(8-5-14)25(27)28/h3-9,11H,10H2,1-2H3. The lowest BCUT2D eigenvalue weighted by Crippen LogP contribution is -2.21. The molecule has 0 spiro atoms. The van der Waals surface area contributed by atoms with E-state index in [1.54, 1.807) is 16.8 Å². The van der Waals surface area contributed by atoms with E-state index in [2.05, 4.69) is 15.3 Å². The van der Waals surface area contributed by atoms with E-state index in [4.69, 9.17) is 0 Å². The Balaban J connectivity index is 1.71. The molecule has 4 rings (SSSR count). The van der Waals surface area contributed by atoms with E-state index in [1.807, 2.05) is 32.0 Å². The number of nitro groups is 1. The van der Waals surface area contributed by atoms with E-state index < -0.39 is 4.92 Å². The molecule has 0 aliphatic heterocycles. The molecule has 2 heterocycles. The van der Waals surface area contributed by atoms with Crippen LogP contribution >= 0.6 is 0 Å². The number of hydrogen-bond donors (Lipinski definition) is 0. The van der Waals surface area contributed by atoms with Gasteiger partial charge in [-0.3, -0.25) is 19.5 Å². The van der Waals surface area contributed by atoms with Gasteiger partial charge in [0.25, 0.3) is 11.2 Å². The number of aryl methyl sites for hydroxylation is 2. The minimum Gasteiger partial charge on any atom is -0.293 e. The summed E-state index contributed by atoms with van der Waals surface area (Å²) >= 11 is 0. The average molecular weight is 376 g/mol. The van der Waals surface area contributed by atoms with Gasteiger partial charge in [0.1, 0.15) is 6.33 Å². The zero-order valence-electron chi connectivity index (χ0n) is 15.2. The summed E-state index contributed by atoms with van der Waals surface area (Å²) in [5.74, 6) is 0. The quantitative estimate of drug-likeness (QED) is 0.400.